The van der Waals surface area contributed by atoms with E-state index in [0.717, 1.165) is 30.6 Å². The Bertz CT molecular complexity index is 765. The Morgan fingerprint density at radius 2 is 1.86 bits per heavy atom. The third-order valence-corrected chi connectivity index (χ3v) is 5.55. The SMILES string of the molecule is CC(C(=O)NC1CCNCC1c1ccccc1)c1ccc(CC(C)(C)O)cc1. The van der Waals surface area contributed by atoms with E-state index in [-0.39, 0.29) is 17.9 Å². The average molecular weight is 381 g/mol. The smallest absolute Gasteiger partial charge is 0.227 e. The topological polar surface area (TPSA) is 61.4 Å². The molecule has 28 heavy (non-hydrogen) atoms. The maximum absolute atomic E-state index is 12.9. The van der Waals surface area contributed by atoms with Gasteiger partial charge < -0.3 is 15.7 Å². The van der Waals surface area contributed by atoms with Crippen LogP contribution in [0.4, 0.5) is 0 Å². The standard InChI is InChI=1S/C24H32N2O2/c1-17(19-11-9-18(10-12-19)15-24(2,3)28)23(27)26-22-13-14-25-16-21(22)20-7-5-4-6-8-20/h4-12,17,21-22,25,28H,13-16H2,1-3H3,(H,26,27). The van der Waals surface area contributed by atoms with Gasteiger partial charge >= 0.3 is 0 Å². The van der Waals surface area contributed by atoms with Crippen molar-refractivity contribution in [3.05, 3.63) is 71.3 Å². The summed E-state index contributed by atoms with van der Waals surface area (Å²) in [6.07, 6.45) is 1.53. The van der Waals surface area contributed by atoms with Crippen LogP contribution in [0.15, 0.2) is 54.6 Å². The molecule has 0 spiro atoms. The fourth-order valence-corrected chi connectivity index (χ4v) is 3.96. The van der Waals surface area contributed by atoms with Crippen molar-refractivity contribution in [1.29, 1.82) is 0 Å². The molecular formula is C24H32N2O2. The lowest BCUT2D eigenvalue weighted by Crippen LogP contribution is -2.49. The van der Waals surface area contributed by atoms with Crippen molar-refractivity contribution in [2.45, 2.75) is 57.1 Å². The molecular weight excluding hydrogens is 348 g/mol. The molecule has 0 saturated carbocycles. The number of carbonyl (C=O) groups excluding carboxylic acids is 1. The zero-order valence-electron chi connectivity index (χ0n) is 17.1. The Morgan fingerprint density at radius 1 is 1.18 bits per heavy atom. The monoisotopic (exact) mass is 380 g/mol. The quantitative estimate of drug-likeness (QED) is 0.720. The van der Waals surface area contributed by atoms with Gasteiger partial charge in [0.05, 0.1) is 11.5 Å². The molecule has 2 aromatic carbocycles. The minimum Gasteiger partial charge on any atom is -0.390 e. The molecule has 3 atom stereocenters. The zero-order chi connectivity index (χ0) is 20.1. The van der Waals surface area contributed by atoms with Crippen LogP contribution in [0.25, 0.3) is 0 Å². The highest BCUT2D eigenvalue weighted by Gasteiger charge is 2.29. The van der Waals surface area contributed by atoms with E-state index >= 15 is 0 Å². The number of carbonyl (C=O) groups is 1. The molecule has 1 amide bonds. The molecule has 0 aromatic heterocycles. The number of nitrogens with one attached hydrogen (secondary N) is 2. The van der Waals surface area contributed by atoms with Crippen LogP contribution in [0.2, 0.25) is 0 Å². The Morgan fingerprint density at radius 3 is 2.50 bits per heavy atom. The van der Waals surface area contributed by atoms with E-state index in [2.05, 4.69) is 34.9 Å². The second-order valence-electron chi connectivity index (χ2n) is 8.58. The number of aliphatic hydroxyl groups is 1. The molecule has 1 saturated heterocycles. The fraction of sp³-hybridized carbons (Fsp3) is 0.458. The molecule has 150 valence electrons. The number of amides is 1. The van der Waals surface area contributed by atoms with E-state index in [4.69, 9.17) is 0 Å². The van der Waals surface area contributed by atoms with Gasteiger partial charge in [-0.1, -0.05) is 54.6 Å². The van der Waals surface area contributed by atoms with E-state index in [1.165, 1.54) is 5.56 Å². The van der Waals surface area contributed by atoms with Crippen molar-refractivity contribution in [3.8, 4) is 0 Å². The summed E-state index contributed by atoms with van der Waals surface area (Å²) in [6, 6.07) is 18.6. The highest BCUT2D eigenvalue weighted by molar-refractivity contribution is 5.83. The molecule has 0 radical (unpaired) electrons. The first kappa shape index (κ1) is 20.6. The predicted molar refractivity (Wildman–Crippen MR) is 113 cm³/mol. The molecule has 0 aliphatic carbocycles. The van der Waals surface area contributed by atoms with Crippen LogP contribution in [-0.4, -0.2) is 35.7 Å². The maximum atomic E-state index is 12.9. The molecule has 0 bridgehead atoms. The second-order valence-corrected chi connectivity index (χ2v) is 8.58. The lowest BCUT2D eigenvalue weighted by atomic mass is 9.86. The van der Waals surface area contributed by atoms with Gasteiger partial charge in [-0.05, 0) is 50.4 Å². The number of hydrogen-bond acceptors (Lipinski definition) is 3. The largest absolute Gasteiger partial charge is 0.390 e. The molecule has 1 aliphatic heterocycles. The van der Waals surface area contributed by atoms with Crippen LogP contribution >= 0.6 is 0 Å². The summed E-state index contributed by atoms with van der Waals surface area (Å²) in [5, 5.41) is 16.7. The Labute approximate surface area is 168 Å². The van der Waals surface area contributed by atoms with Crippen molar-refractivity contribution in [3.63, 3.8) is 0 Å². The summed E-state index contributed by atoms with van der Waals surface area (Å²) in [7, 11) is 0. The first-order chi connectivity index (χ1) is 13.3. The fourth-order valence-electron chi connectivity index (χ4n) is 3.96. The van der Waals surface area contributed by atoms with Gasteiger partial charge in [-0.15, -0.1) is 0 Å². The highest BCUT2D eigenvalue weighted by atomic mass is 16.3. The summed E-state index contributed by atoms with van der Waals surface area (Å²) in [5.41, 5.74) is 2.61. The van der Waals surface area contributed by atoms with Gasteiger partial charge in [0, 0.05) is 24.9 Å². The molecule has 2 aromatic rings. The summed E-state index contributed by atoms with van der Waals surface area (Å²) < 4.78 is 0. The molecule has 4 heteroatoms. The minimum atomic E-state index is -0.730. The normalized spacial score (nSPS) is 21.1. The van der Waals surface area contributed by atoms with Crippen molar-refractivity contribution < 1.29 is 9.90 Å². The third kappa shape index (κ3) is 5.43. The number of hydrogen-bond donors (Lipinski definition) is 3. The lowest BCUT2D eigenvalue weighted by molar-refractivity contribution is -0.123. The van der Waals surface area contributed by atoms with Crippen LogP contribution in [0, 0.1) is 0 Å². The summed E-state index contributed by atoms with van der Waals surface area (Å²) in [6.45, 7) is 7.38. The van der Waals surface area contributed by atoms with Crippen LogP contribution in [0.3, 0.4) is 0 Å². The molecule has 1 fully saturated rings. The van der Waals surface area contributed by atoms with E-state index in [0.29, 0.717) is 12.3 Å². The van der Waals surface area contributed by atoms with E-state index in [1.54, 1.807) is 13.8 Å². The lowest BCUT2D eigenvalue weighted by Gasteiger charge is -2.34. The summed E-state index contributed by atoms with van der Waals surface area (Å²) in [5.74, 6) is 0.158. The van der Waals surface area contributed by atoms with Crippen LogP contribution in [0.1, 0.15) is 55.7 Å². The Balaban J connectivity index is 1.66. The van der Waals surface area contributed by atoms with Crippen LogP contribution < -0.4 is 10.6 Å². The third-order valence-electron chi connectivity index (χ3n) is 5.55. The summed E-state index contributed by atoms with van der Waals surface area (Å²) >= 11 is 0. The van der Waals surface area contributed by atoms with Gasteiger partial charge in [0.2, 0.25) is 5.91 Å². The molecule has 3 N–H and O–H groups in total. The van der Waals surface area contributed by atoms with E-state index in [1.807, 2.05) is 37.3 Å². The summed E-state index contributed by atoms with van der Waals surface area (Å²) in [4.78, 5) is 12.9. The molecule has 4 nitrogen and oxygen atoms in total. The zero-order valence-corrected chi connectivity index (χ0v) is 17.1. The number of rotatable bonds is 6. The molecule has 1 heterocycles. The first-order valence-electron chi connectivity index (χ1n) is 10.2. The number of benzene rings is 2. The first-order valence-corrected chi connectivity index (χ1v) is 10.2. The average Bonchev–Trinajstić information content (AvgIpc) is 2.68. The second kappa shape index (κ2) is 8.89. The van der Waals surface area contributed by atoms with Gasteiger partial charge in [0.15, 0.2) is 0 Å². The van der Waals surface area contributed by atoms with Crippen molar-refractivity contribution in [1.82, 2.24) is 10.6 Å². The van der Waals surface area contributed by atoms with Gasteiger partial charge in [-0.2, -0.15) is 0 Å². The molecule has 1 aliphatic rings. The van der Waals surface area contributed by atoms with Crippen molar-refractivity contribution >= 4 is 5.91 Å². The van der Waals surface area contributed by atoms with Crippen molar-refractivity contribution in [2.75, 3.05) is 13.1 Å². The van der Waals surface area contributed by atoms with E-state index in [9.17, 15) is 9.90 Å². The minimum absolute atomic E-state index is 0.0723. The van der Waals surface area contributed by atoms with Gasteiger partial charge in [-0.25, -0.2) is 0 Å². The molecule has 3 unspecified atom stereocenters. The number of piperidine rings is 1. The van der Waals surface area contributed by atoms with Gasteiger partial charge in [-0.3, -0.25) is 4.79 Å². The van der Waals surface area contributed by atoms with Crippen molar-refractivity contribution in [2.24, 2.45) is 0 Å². The van der Waals surface area contributed by atoms with Gasteiger partial charge in [0.25, 0.3) is 0 Å². The Kier molecular flexibility index (Phi) is 6.53. The Hall–Kier alpha value is -2.17. The van der Waals surface area contributed by atoms with Crippen LogP contribution in [0.5, 0.6) is 0 Å². The van der Waals surface area contributed by atoms with Gasteiger partial charge in [0.1, 0.15) is 0 Å². The predicted octanol–water partition coefficient (Wildman–Crippen LogP) is 3.37. The molecule has 3 rings (SSSR count). The highest BCUT2D eigenvalue weighted by Crippen LogP contribution is 2.25. The van der Waals surface area contributed by atoms with Crippen LogP contribution in [-0.2, 0) is 11.2 Å². The van der Waals surface area contributed by atoms with E-state index < -0.39 is 5.60 Å². The maximum Gasteiger partial charge on any atom is 0.227 e.